The first kappa shape index (κ1) is 17.4. The SMILES string of the molecule is O=c1[nH]c(C2CC2)nc2c1CCC21CCN(Cc2cc(Cl)ccc2F)CC1. The van der Waals surface area contributed by atoms with Gasteiger partial charge in [-0.05, 0) is 69.8 Å². The number of rotatable bonds is 3. The molecule has 1 N–H and O–H groups in total. The van der Waals surface area contributed by atoms with Crippen molar-refractivity contribution in [3.63, 3.8) is 0 Å². The van der Waals surface area contributed by atoms with Crippen LogP contribution >= 0.6 is 11.6 Å². The molecule has 0 radical (unpaired) electrons. The van der Waals surface area contributed by atoms with Crippen molar-refractivity contribution in [2.75, 3.05) is 13.1 Å². The highest BCUT2D eigenvalue weighted by Gasteiger charge is 2.44. The Hall–Kier alpha value is -1.72. The van der Waals surface area contributed by atoms with E-state index < -0.39 is 0 Å². The Bertz CT molecular complexity index is 945. The number of nitrogens with zero attached hydrogens (tertiary/aromatic N) is 2. The van der Waals surface area contributed by atoms with Gasteiger partial charge in [-0.2, -0.15) is 0 Å². The molecule has 4 nitrogen and oxygen atoms in total. The van der Waals surface area contributed by atoms with Crippen molar-refractivity contribution in [2.45, 2.75) is 56.4 Å². The lowest BCUT2D eigenvalue weighted by Gasteiger charge is -2.39. The molecule has 142 valence electrons. The van der Waals surface area contributed by atoms with E-state index in [0.29, 0.717) is 23.0 Å². The Kier molecular flexibility index (Phi) is 4.13. The van der Waals surface area contributed by atoms with Crippen LogP contribution in [0.4, 0.5) is 4.39 Å². The number of hydrogen-bond acceptors (Lipinski definition) is 3. The van der Waals surface area contributed by atoms with Gasteiger partial charge in [-0.25, -0.2) is 9.37 Å². The maximum atomic E-state index is 14.1. The van der Waals surface area contributed by atoms with E-state index in [9.17, 15) is 9.18 Å². The van der Waals surface area contributed by atoms with Crippen molar-refractivity contribution in [1.29, 1.82) is 0 Å². The molecule has 6 heteroatoms. The van der Waals surface area contributed by atoms with Gasteiger partial charge in [0.25, 0.3) is 5.56 Å². The lowest BCUT2D eigenvalue weighted by molar-refractivity contribution is 0.148. The van der Waals surface area contributed by atoms with Crippen molar-refractivity contribution in [3.8, 4) is 0 Å². The molecule has 0 bridgehead atoms. The van der Waals surface area contributed by atoms with E-state index in [-0.39, 0.29) is 16.8 Å². The summed E-state index contributed by atoms with van der Waals surface area (Å²) in [6.07, 6.45) is 6.05. The zero-order chi connectivity index (χ0) is 18.6. The number of hydrogen-bond donors (Lipinski definition) is 1. The van der Waals surface area contributed by atoms with Gasteiger partial charge in [-0.15, -0.1) is 0 Å². The predicted octanol–water partition coefficient (Wildman–Crippen LogP) is 3.92. The summed E-state index contributed by atoms with van der Waals surface area (Å²) in [6.45, 7) is 2.35. The van der Waals surface area contributed by atoms with Crippen molar-refractivity contribution < 1.29 is 4.39 Å². The highest BCUT2D eigenvalue weighted by Crippen LogP contribution is 2.46. The van der Waals surface area contributed by atoms with Gasteiger partial charge in [0.2, 0.25) is 0 Å². The van der Waals surface area contributed by atoms with Crippen molar-refractivity contribution in [3.05, 3.63) is 62.0 Å². The number of aromatic nitrogens is 2. The third-order valence-corrected chi connectivity index (χ3v) is 6.80. The number of fused-ring (bicyclic) bond motifs is 2. The molecule has 1 saturated carbocycles. The van der Waals surface area contributed by atoms with Crippen molar-refractivity contribution in [1.82, 2.24) is 14.9 Å². The van der Waals surface area contributed by atoms with Gasteiger partial charge in [-0.1, -0.05) is 11.6 Å². The van der Waals surface area contributed by atoms with E-state index >= 15 is 0 Å². The quantitative estimate of drug-likeness (QED) is 0.868. The van der Waals surface area contributed by atoms with Crippen molar-refractivity contribution >= 4 is 11.6 Å². The first-order valence-corrected chi connectivity index (χ1v) is 10.2. The lowest BCUT2D eigenvalue weighted by Crippen LogP contribution is -2.42. The van der Waals surface area contributed by atoms with Gasteiger partial charge in [0.05, 0.1) is 5.69 Å². The number of nitrogens with one attached hydrogen (secondary N) is 1. The van der Waals surface area contributed by atoms with Gasteiger partial charge >= 0.3 is 0 Å². The number of likely N-dealkylation sites (tertiary alicyclic amines) is 1. The fourth-order valence-electron chi connectivity index (χ4n) is 4.75. The zero-order valence-corrected chi connectivity index (χ0v) is 16.0. The van der Waals surface area contributed by atoms with Crippen LogP contribution in [0.15, 0.2) is 23.0 Å². The molecule has 2 heterocycles. The van der Waals surface area contributed by atoms with E-state index in [2.05, 4.69) is 9.88 Å². The Morgan fingerprint density at radius 1 is 1.26 bits per heavy atom. The monoisotopic (exact) mass is 387 g/mol. The van der Waals surface area contributed by atoms with Gasteiger partial charge < -0.3 is 4.98 Å². The number of H-pyrrole nitrogens is 1. The van der Waals surface area contributed by atoms with Crippen LogP contribution in [0.25, 0.3) is 0 Å². The summed E-state index contributed by atoms with van der Waals surface area (Å²) in [4.78, 5) is 22.7. The lowest BCUT2D eigenvalue weighted by atomic mass is 9.76. The summed E-state index contributed by atoms with van der Waals surface area (Å²) in [5.74, 6) is 1.14. The molecule has 2 fully saturated rings. The molecule has 2 aliphatic carbocycles. The minimum atomic E-state index is -0.201. The minimum absolute atomic E-state index is 0.0244. The van der Waals surface area contributed by atoms with Gasteiger partial charge in [0, 0.05) is 34.0 Å². The van der Waals surface area contributed by atoms with Gasteiger partial charge in [-0.3, -0.25) is 9.69 Å². The molecule has 1 spiro atoms. The molecule has 27 heavy (non-hydrogen) atoms. The second kappa shape index (κ2) is 6.42. The van der Waals surface area contributed by atoms with Crippen LogP contribution in [0, 0.1) is 5.82 Å². The molecule has 0 amide bonds. The second-order valence-electron chi connectivity index (χ2n) is 8.34. The molecule has 0 unspecified atom stereocenters. The van der Waals surface area contributed by atoms with Crippen LogP contribution in [0.1, 0.15) is 60.7 Å². The molecule has 2 aromatic rings. The fraction of sp³-hybridized carbons (Fsp3) is 0.524. The molecular formula is C21H23ClFN3O. The summed E-state index contributed by atoms with van der Waals surface area (Å²) >= 11 is 6.02. The molecule has 1 aromatic heterocycles. The second-order valence-corrected chi connectivity index (χ2v) is 8.78. The Morgan fingerprint density at radius 3 is 2.78 bits per heavy atom. The van der Waals surface area contributed by atoms with Crippen LogP contribution in [0.5, 0.6) is 0 Å². The third-order valence-electron chi connectivity index (χ3n) is 6.57. The van der Waals surface area contributed by atoms with Crippen LogP contribution in [-0.4, -0.2) is 28.0 Å². The summed E-state index contributed by atoms with van der Waals surface area (Å²) in [5.41, 5.74) is 2.70. The van der Waals surface area contributed by atoms with Crippen molar-refractivity contribution in [2.24, 2.45) is 0 Å². The summed E-state index contributed by atoms with van der Waals surface area (Å²) in [6, 6.07) is 4.74. The number of aromatic amines is 1. The number of piperidine rings is 1. The highest BCUT2D eigenvalue weighted by atomic mass is 35.5. The van der Waals surface area contributed by atoms with Crippen LogP contribution in [0.3, 0.4) is 0 Å². The maximum Gasteiger partial charge on any atom is 0.254 e. The minimum Gasteiger partial charge on any atom is -0.310 e. The topological polar surface area (TPSA) is 49.0 Å². The summed E-state index contributed by atoms with van der Waals surface area (Å²) < 4.78 is 14.1. The molecule has 3 aliphatic rings. The standard InChI is InChI=1S/C21H23ClFN3O/c22-15-3-4-17(23)14(11-15)12-26-9-7-21(8-10-26)6-5-16-18(21)24-19(13-1-2-13)25-20(16)27/h3-4,11,13H,1-2,5-10,12H2,(H,24,25,27). The summed E-state index contributed by atoms with van der Waals surface area (Å²) in [5, 5.41) is 0.570. The average Bonchev–Trinajstić information content (AvgIpc) is 3.45. The molecule has 5 rings (SSSR count). The van der Waals surface area contributed by atoms with Gasteiger partial charge in [0.15, 0.2) is 0 Å². The fourth-order valence-corrected chi connectivity index (χ4v) is 4.94. The number of halogens is 2. The van der Waals surface area contributed by atoms with E-state index in [4.69, 9.17) is 16.6 Å². The first-order chi connectivity index (χ1) is 13.0. The van der Waals surface area contributed by atoms with E-state index in [1.54, 1.807) is 12.1 Å². The van der Waals surface area contributed by atoms with Crippen LogP contribution < -0.4 is 5.56 Å². The third kappa shape index (κ3) is 3.11. The predicted molar refractivity (Wildman–Crippen MR) is 103 cm³/mol. The largest absolute Gasteiger partial charge is 0.310 e. The maximum absolute atomic E-state index is 14.1. The highest BCUT2D eigenvalue weighted by molar-refractivity contribution is 6.30. The zero-order valence-electron chi connectivity index (χ0n) is 15.2. The Labute approximate surface area is 162 Å². The van der Waals surface area contributed by atoms with E-state index in [1.165, 1.54) is 6.07 Å². The number of benzene rings is 1. The van der Waals surface area contributed by atoms with Crippen LogP contribution in [0.2, 0.25) is 5.02 Å². The molecule has 1 aromatic carbocycles. The summed E-state index contributed by atoms with van der Waals surface area (Å²) in [7, 11) is 0. The van der Waals surface area contributed by atoms with Gasteiger partial charge in [0.1, 0.15) is 11.6 Å². The Balaban J connectivity index is 1.35. The smallest absolute Gasteiger partial charge is 0.254 e. The van der Waals surface area contributed by atoms with Crippen LogP contribution in [-0.2, 0) is 18.4 Å². The average molecular weight is 388 g/mol. The van der Waals surface area contributed by atoms with E-state index in [1.807, 2.05) is 0 Å². The normalized spacial score (nSPS) is 21.6. The molecule has 0 atom stereocenters. The molecule has 1 saturated heterocycles. The molecular weight excluding hydrogens is 365 g/mol. The first-order valence-electron chi connectivity index (χ1n) is 9.84. The molecule has 1 aliphatic heterocycles. The Morgan fingerprint density at radius 2 is 2.04 bits per heavy atom. The van der Waals surface area contributed by atoms with E-state index in [0.717, 1.165) is 68.7 Å².